The van der Waals surface area contributed by atoms with Gasteiger partial charge in [-0.25, -0.2) is 4.79 Å². The van der Waals surface area contributed by atoms with Crippen molar-refractivity contribution < 1.29 is 4.79 Å². The molecular formula is C20H19BrN2O. The molecule has 0 radical (unpaired) electrons. The number of carbonyl (C=O) groups is 1. The first-order chi connectivity index (χ1) is 11.7. The van der Waals surface area contributed by atoms with E-state index in [1.54, 1.807) is 0 Å². The summed E-state index contributed by atoms with van der Waals surface area (Å²) in [4.78, 5) is 14.4. The van der Waals surface area contributed by atoms with E-state index in [4.69, 9.17) is 0 Å². The van der Waals surface area contributed by atoms with Crippen LogP contribution in [0.25, 0.3) is 0 Å². The second-order valence-corrected chi connectivity index (χ2v) is 6.65. The van der Waals surface area contributed by atoms with Gasteiger partial charge in [-0.2, -0.15) is 0 Å². The number of likely N-dealkylation sites (tertiary alicyclic amines) is 1. The molecular weight excluding hydrogens is 364 g/mol. The lowest BCUT2D eigenvalue weighted by molar-refractivity contribution is 0.194. The molecule has 1 N–H and O–H groups in total. The maximum absolute atomic E-state index is 12.5. The quantitative estimate of drug-likeness (QED) is 0.769. The van der Waals surface area contributed by atoms with Crippen molar-refractivity contribution in [1.29, 1.82) is 0 Å². The number of amides is 2. The molecule has 0 aliphatic carbocycles. The first-order valence-corrected chi connectivity index (χ1v) is 8.87. The summed E-state index contributed by atoms with van der Waals surface area (Å²) in [5, 5.41) is 2.91. The topological polar surface area (TPSA) is 32.3 Å². The van der Waals surface area contributed by atoms with Crippen molar-refractivity contribution in [2.24, 2.45) is 0 Å². The highest BCUT2D eigenvalue weighted by Gasteiger charge is 2.29. The first kappa shape index (κ1) is 16.6. The molecule has 1 fully saturated rings. The Morgan fingerprint density at radius 1 is 1.21 bits per heavy atom. The maximum Gasteiger partial charge on any atom is 0.318 e. The SMILES string of the molecule is O=C(NCC#Cc1ccccc1)N1CCC[C@H]1c1cccc(Br)c1. The van der Waals surface area contributed by atoms with E-state index in [1.165, 1.54) is 5.56 Å². The molecule has 1 saturated heterocycles. The minimum Gasteiger partial charge on any atom is -0.327 e. The molecule has 3 nitrogen and oxygen atoms in total. The van der Waals surface area contributed by atoms with Crippen LogP contribution in [0.2, 0.25) is 0 Å². The van der Waals surface area contributed by atoms with Crippen molar-refractivity contribution in [3.63, 3.8) is 0 Å². The second kappa shape index (κ2) is 8.03. The van der Waals surface area contributed by atoms with Gasteiger partial charge in [-0.15, -0.1) is 0 Å². The van der Waals surface area contributed by atoms with Crippen LogP contribution in [-0.4, -0.2) is 24.0 Å². The Balaban J connectivity index is 1.59. The van der Waals surface area contributed by atoms with Gasteiger partial charge in [-0.1, -0.05) is 58.1 Å². The molecule has 0 spiro atoms. The van der Waals surface area contributed by atoms with Crippen LogP contribution < -0.4 is 5.32 Å². The third-order valence-electron chi connectivity index (χ3n) is 4.08. The lowest BCUT2D eigenvalue weighted by Crippen LogP contribution is -2.39. The average molecular weight is 383 g/mol. The molecule has 0 saturated carbocycles. The molecule has 1 atom stereocenters. The van der Waals surface area contributed by atoms with Gasteiger partial charge < -0.3 is 10.2 Å². The fraction of sp³-hybridized carbons (Fsp3) is 0.250. The highest BCUT2D eigenvalue weighted by atomic mass is 79.9. The molecule has 2 amide bonds. The highest BCUT2D eigenvalue weighted by Crippen LogP contribution is 2.32. The van der Waals surface area contributed by atoms with Crippen LogP contribution in [-0.2, 0) is 0 Å². The van der Waals surface area contributed by atoms with Crippen molar-refractivity contribution in [2.75, 3.05) is 13.1 Å². The average Bonchev–Trinajstić information content (AvgIpc) is 3.09. The minimum absolute atomic E-state index is 0.0418. The van der Waals surface area contributed by atoms with Crippen LogP contribution in [0.1, 0.15) is 30.0 Å². The summed E-state index contributed by atoms with van der Waals surface area (Å²) in [6, 6.07) is 18.1. The van der Waals surface area contributed by atoms with Crippen molar-refractivity contribution in [2.45, 2.75) is 18.9 Å². The summed E-state index contributed by atoms with van der Waals surface area (Å²) in [5.41, 5.74) is 2.13. The number of urea groups is 1. The minimum atomic E-state index is -0.0418. The van der Waals surface area contributed by atoms with E-state index in [9.17, 15) is 4.79 Å². The third-order valence-corrected chi connectivity index (χ3v) is 4.57. The molecule has 1 aliphatic heterocycles. The number of carbonyl (C=O) groups excluding carboxylic acids is 1. The molecule has 1 heterocycles. The van der Waals surface area contributed by atoms with Gasteiger partial charge >= 0.3 is 6.03 Å². The third kappa shape index (κ3) is 4.18. The summed E-state index contributed by atoms with van der Waals surface area (Å²) < 4.78 is 1.04. The number of hydrogen-bond acceptors (Lipinski definition) is 1. The molecule has 2 aromatic carbocycles. The van der Waals surface area contributed by atoms with Gasteiger partial charge in [0.05, 0.1) is 12.6 Å². The smallest absolute Gasteiger partial charge is 0.318 e. The molecule has 4 heteroatoms. The Morgan fingerprint density at radius 3 is 2.83 bits per heavy atom. The Labute approximate surface area is 151 Å². The van der Waals surface area contributed by atoms with E-state index in [0.717, 1.165) is 29.4 Å². The molecule has 0 aromatic heterocycles. The van der Waals surface area contributed by atoms with E-state index in [-0.39, 0.29) is 12.1 Å². The van der Waals surface area contributed by atoms with Gasteiger partial charge in [0.25, 0.3) is 0 Å². The van der Waals surface area contributed by atoms with Crippen LogP contribution in [0.3, 0.4) is 0 Å². The van der Waals surface area contributed by atoms with Crippen LogP contribution in [0.15, 0.2) is 59.1 Å². The van der Waals surface area contributed by atoms with E-state index < -0.39 is 0 Å². The largest absolute Gasteiger partial charge is 0.327 e. The monoisotopic (exact) mass is 382 g/mol. The van der Waals surface area contributed by atoms with Crippen LogP contribution in [0, 0.1) is 11.8 Å². The number of nitrogens with zero attached hydrogens (tertiary/aromatic N) is 1. The number of rotatable bonds is 2. The van der Waals surface area contributed by atoms with E-state index in [1.807, 2.05) is 47.4 Å². The Kier molecular flexibility index (Phi) is 5.55. The van der Waals surface area contributed by atoms with Crippen LogP contribution in [0.4, 0.5) is 4.79 Å². The van der Waals surface area contributed by atoms with Crippen molar-refractivity contribution in [3.05, 3.63) is 70.2 Å². The van der Waals surface area contributed by atoms with Gasteiger partial charge in [0.2, 0.25) is 0 Å². The first-order valence-electron chi connectivity index (χ1n) is 8.08. The zero-order valence-corrected chi connectivity index (χ0v) is 14.9. The van der Waals surface area contributed by atoms with Gasteiger partial charge in [-0.05, 0) is 42.7 Å². The number of nitrogens with one attached hydrogen (secondary N) is 1. The lowest BCUT2D eigenvalue weighted by Gasteiger charge is -2.25. The molecule has 0 bridgehead atoms. The van der Waals surface area contributed by atoms with Crippen molar-refractivity contribution >= 4 is 22.0 Å². The summed E-state index contributed by atoms with van der Waals surface area (Å²) >= 11 is 3.50. The van der Waals surface area contributed by atoms with E-state index >= 15 is 0 Å². The molecule has 122 valence electrons. The highest BCUT2D eigenvalue weighted by molar-refractivity contribution is 9.10. The number of halogens is 1. The predicted molar refractivity (Wildman–Crippen MR) is 99.5 cm³/mol. The second-order valence-electron chi connectivity index (χ2n) is 5.73. The molecule has 1 aliphatic rings. The van der Waals surface area contributed by atoms with E-state index in [0.29, 0.717) is 6.54 Å². The Hall–Kier alpha value is -2.25. The van der Waals surface area contributed by atoms with E-state index in [2.05, 4.69) is 45.2 Å². The molecule has 2 aromatic rings. The summed E-state index contributed by atoms with van der Waals surface area (Å²) in [7, 11) is 0. The zero-order chi connectivity index (χ0) is 16.8. The Morgan fingerprint density at radius 2 is 2.04 bits per heavy atom. The molecule has 0 unspecified atom stereocenters. The lowest BCUT2D eigenvalue weighted by atomic mass is 10.1. The normalized spacial score (nSPS) is 16.4. The van der Waals surface area contributed by atoms with Crippen LogP contribution in [0.5, 0.6) is 0 Å². The van der Waals surface area contributed by atoms with Crippen molar-refractivity contribution in [3.8, 4) is 11.8 Å². The maximum atomic E-state index is 12.5. The zero-order valence-electron chi connectivity index (χ0n) is 13.3. The molecule has 24 heavy (non-hydrogen) atoms. The summed E-state index contributed by atoms with van der Waals surface area (Å²) in [5.74, 6) is 6.06. The van der Waals surface area contributed by atoms with Gasteiger partial charge in [0.1, 0.15) is 0 Å². The predicted octanol–water partition coefficient (Wildman–Crippen LogP) is 4.35. The van der Waals surface area contributed by atoms with Gasteiger partial charge in [0, 0.05) is 16.6 Å². The number of hydrogen-bond donors (Lipinski definition) is 1. The summed E-state index contributed by atoms with van der Waals surface area (Å²) in [6.45, 7) is 1.14. The fourth-order valence-electron chi connectivity index (χ4n) is 2.96. The standard InChI is InChI=1S/C20H19BrN2O/c21-18-11-4-10-17(15-18)19-12-6-14-23(19)20(24)22-13-5-9-16-7-2-1-3-8-16/h1-4,7-8,10-11,15,19H,6,12-14H2,(H,22,24)/t19-/m0/s1. The number of benzene rings is 2. The summed E-state index contributed by atoms with van der Waals surface area (Å²) in [6.07, 6.45) is 2.03. The molecule has 3 rings (SSSR count). The van der Waals surface area contributed by atoms with Crippen molar-refractivity contribution in [1.82, 2.24) is 10.2 Å². The fourth-order valence-corrected chi connectivity index (χ4v) is 3.38. The van der Waals surface area contributed by atoms with Crippen LogP contribution >= 0.6 is 15.9 Å². The van der Waals surface area contributed by atoms with Gasteiger partial charge in [-0.3, -0.25) is 0 Å². The van der Waals surface area contributed by atoms with Gasteiger partial charge in [0.15, 0.2) is 0 Å². The Bertz CT molecular complexity index is 764.